The summed E-state index contributed by atoms with van der Waals surface area (Å²) in [5.41, 5.74) is 5.12. The summed E-state index contributed by atoms with van der Waals surface area (Å²) >= 11 is 0. The average Bonchev–Trinajstić information content (AvgIpc) is 2.95. The molecule has 0 radical (unpaired) electrons. The van der Waals surface area contributed by atoms with Gasteiger partial charge in [0.05, 0.1) is 41.1 Å². The minimum Gasteiger partial charge on any atom is -0.438 e. The lowest BCUT2D eigenvalue weighted by atomic mass is 10.0. The van der Waals surface area contributed by atoms with Crippen LogP contribution in [0.5, 0.6) is 11.6 Å². The molecule has 0 aliphatic carbocycles. The fourth-order valence-corrected chi connectivity index (χ4v) is 4.50. The van der Waals surface area contributed by atoms with Crippen LogP contribution in [0.2, 0.25) is 0 Å². The van der Waals surface area contributed by atoms with Gasteiger partial charge < -0.3 is 15.0 Å². The average molecular weight is 519 g/mol. The number of aryl methyl sites for hydroxylation is 2. The molecule has 39 heavy (non-hydrogen) atoms. The van der Waals surface area contributed by atoms with E-state index in [4.69, 9.17) is 15.0 Å². The highest BCUT2D eigenvalue weighted by molar-refractivity contribution is 5.94. The number of nitriles is 2. The molecule has 3 aromatic carbocycles. The second kappa shape index (κ2) is 10.6. The topological polar surface area (TPSA) is 115 Å². The van der Waals surface area contributed by atoms with Gasteiger partial charge in [-0.25, -0.2) is 9.37 Å². The van der Waals surface area contributed by atoms with Gasteiger partial charge in [-0.2, -0.15) is 15.5 Å². The summed E-state index contributed by atoms with van der Waals surface area (Å²) in [6.07, 6.45) is 0.467. The fourth-order valence-electron chi connectivity index (χ4n) is 4.50. The number of hydrogen-bond acceptors (Lipinski definition) is 7. The number of benzene rings is 3. The Kier molecular flexibility index (Phi) is 6.90. The Morgan fingerprint density at radius 1 is 0.974 bits per heavy atom. The third-order valence-electron chi connectivity index (χ3n) is 6.46. The Bertz CT molecular complexity index is 1630. The van der Waals surface area contributed by atoms with Crippen molar-refractivity contribution in [2.45, 2.75) is 26.8 Å². The van der Waals surface area contributed by atoms with Gasteiger partial charge in [0.1, 0.15) is 11.6 Å². The first-order valence-corrected chi connectivity index (χ1v) is 12.3. The van der Waals surface area contributed by atoms with Gasteiger partial charge in [-0.15, -0.1) is 0 Å². The maximum absolute atomic E-state index is 13.4. The van der Waals surface area contributed by atoms with Crippen LogP contribution >= 0.6 is 0 Å². The molecule has 0 saturated heterocycles. The smallest absolute Gasteiger partial charge is 0.254 e. The largest absolute Gasteiger partial charge is 0.438 e. The van der Waals surface area contributed by atoms with E-state index in [1.807, 2.05) is 13.8 Å². The first kappa shape index (κ1) is 25.4. The molecule has 1 N–H and O–H groups in total. The van der Waals surface area contributed by atoms with Gasteiger partial charge >= 0.3 is 0 Å². The molecule has 1 aliphatic heterocycles. The Balaban J connectivity index is 1.52. The summed E-state index contributed by atoms with van der Waals surface area (Å²) in [7, 11) is 0. The van der Waals surface area contributed by atoms with E-state index in [2.05, 4.69) is 22.4 Å². The molecule has 0 fully saturated rings. The van der Waals surface area contributed by atoms with Crippen molar-refractivity contribution in [3.63, 3.8) is 0 Å². The Hall–Kier alpha value is -5.28. The molecule has 0 saturated carbocycles. The van der Waals surface area contributed by atoms with Crippen molar-refractivity contribution >= 4 is 17.5 Å². The van der Waals surface area contributed by atoms with Gasteiger partial charge in [0, 0.05) is 24.2 Å². The van der Waals surface area contributed by atoms with Crippen molar-refractivity contribution in [1.82, 2.24) is 14.9 Å². The highest BCUT2D eigenvalue weighted by atomic mass is 19.1. The summed E-state index contributed by atoms with van der Waals surface area (Å²) in [4.78, 5) is 24.2. The van der Waals surface area contributed by atoms with Crippen molar-refractivity contribution in [3.05, 3.63) is 106 Å². The van der Waals surface area contributed by atoms with Crippen LogP contribution in [0.25, 0.3) is 0 Å². The van der Waals surface area contributed by atoms with Gasteiger partial charge in [-0.3, -0.25) is 4.79 Å². The third kappa shape index (κ3) is 5.39. The molecule has 0 atom stereocenters. The van der Waals surface area contributed by atoms with Crippen LogP contribution in [0.3, 0.4) is 0 Å². The first-order chi connectivity index (χ1) is 18.8. The minimum atomic E-state index is -0.407. The molecule has 9 heteroatoms. The van der Waals surface area contributed by atoms with Crippen LogP contribution in [0.4, 0.5) is 16.0 Å². The number of aromatic nitrogens is 2. The van der Waals surface area contributed by atoms with E-state index in [9.17, 15) is 14.4 Å². The lowest BCUT2D eigenvalue weighted by molar-refractivity contribution is 0.0732. The fraction of sp³-hybridized carbons (Fsp3) is 0.167. The normalized spacial score (nSPS) is 12.2. The van der Waals surface area contributed by atoms with E-state index in [1.54, 1.807) is 41.3 Å². The molecule has 192 valence electrons. The van der Waals surface area contributed by atoms with Crippen LogP contribution < -0.4 is 10.1 Å². The second-order valence-corrected chi connectivity index (χ2v) is 9.23. The molecule has 8 nitrogen and oxygen atoms in total. The van der Waals surface area contributed by atoms with E-state index in [-0.39, 0.29) is 12.5 Å². The lowest BCUT2D eigenvalue weighted by Gasteiger charge is -2.29. The number of hydrogen-bond donors (Lipinski definition) is 1. The van der Waals surface area contributed by atoms with E-state index in [1.165, 1.54) is 24.3 Å². The highest BCUT2D eigenvalue weighted by Gasteiger charge is 2.28. The minimum absolute atomic E-state index is 0.215. The molecule has 0 bridgehead atoms. The van der Waals surface area contributed by atoms with Crippen LogP contribution in [-0.4, -0.2) is 27.3 Å². The Morgan fingerprint density at radius 3 is 2.28 bits per heavy atom. The second-order valence-electron chi connectivity index (χ2n) is 9.23. The Labute approximate surface area is 224 Å². The molecule has 0 unspecified atom stereocenters. The van der Waals surface area contributed by atoms with E-state index < -0.39 is 5.82 Å². The first-order valence-electron chi connectivity index (χ1n) is 12.3. The molecule has 1 aromatic heterocycles. The summed E-state index contributed by atoms with van der Waals surface area (Å²) in [5, 5.41) is 21.6. The molecule has 0 spiro atoms. The molecule has 2 heterocycles. The number of halogens is 1. The number of nitrogens with one attached hydrogen (secondary N) is 1. The van der Waals surface area contributed by atoms with Crippen molar-refractivity contribution < 1.29 is 13.9 Å². The van der Waals surface area contributed by atoms with Gasteiger partial charge in [-0.05, 0) is 85.6 Å². The predicted molar refractivity (Wildman–Crippen MR) is 142 cm³/mol. The SMILES string of the molecule is Cc1cc(C#N)cc(C)c1Oc1nc(Nc2ccc(C#N)cc2)nc2c1CN(C(=O)c1ccc(F)cc1)CC2. The van der Waals surface area contributed by atoms with Crippen LogP contribution in [-0.2, 0) is 13.0 Å². The molecule has 1 amide bonds. The zero-order chi connectivity index (χ0) is 27.5. The standard InChI is InChI=1S/C30H23FN6O2/c1-18-13-21(16-33)14-19(2)27(18)39-28-25-17-37(29(38)22-5-7-23(31)8-6-22)12-11-26(25)35-30(36-28)34-24-9-3-20(15-32)4-10-24/h3-10,13-14H,11-12,17H2,1-2H3,(H,34,35,36). The Morgan fingerprint density at radius 2 is 1.64 bits per heavy atom. The zero-order valence-electron chi connectivity index (χ0n) is 21.3. The maximum Gasteiger partial charge on any atom is 0.254 e. The predicted octanol–water partition coefficient (Wildman–Crippen LogP) is 5.71. The number of nitrogens with zero attached hydrogens (tertiary/aromatic N) is 5. The number of carbonyl (C=O) groups is 1. The van der Waals surface area contributed by atoms with Gasteiger partial charge in [-0.1, -0.05) is 0 Å². The van der Waals surface area contributed by atoms with Gasteiger partial charge in [0.25, 0.3) is 5.91 Å². The monoisotopic (exact) mass is 518 g/mol. The van der Waals surface area contributed by atoms with Crippen LogP contribution in [0, 0.1) is 42.3 Å². The number of fused-ring (bicyclic) bond motifs is 1. The molecule has 5 rings (SSSR count). The maximum atomic E-state index is 13.4. The lowest BCUT2D eigenvalue weighted by Crippen LogP contribution is -2.36. The van der Waals surface area contributed by atoms with Crippen molar-refractivity contribution in [3.8, 4) is 23.8 Å². The van der Waals surface area contributed by atoms with E-state index in [0.717, 1.165) is 16.8 Å². The number of amides is 1. The summed E-state index contributed by atoms with van der Waals surface area (Å²) < 4.78 is 19.8. The van der Waals surface area contributed by atoms with Crippen LogP contribution in [0.1, 0.15) is 43.9 Å². The quantitative estimate of drug-likeness (QED) is 0.360. The molecular weight excluding hydrogens is 495 g/mol. The zero-order valence-corrected chi connectivity index (χ0v) is 21.3. The molecule has 1 aliphatic rings. The summed E-state index contributed by atoms with van der Waals surface area (Å²) in [5.74, 6) is 0.549. The molecular formula is C30H23FN6O2. The highest BCUT2D eigenvalue weighted by Crippen LogP contribution is 2.35. The van der Waals surface area contributed by atoms with Crippen molar-refractivity contribution in [2.75, 3.05) is 11.9 Å². The van der Waals surface area contributed by atoms with Crippen LogP contribution in [0.15, 0.2) is 60.7 Å². The number of ether oxygens (including phenoxy) is 1. The van der Waals surface area contributed by atoms with E-state index >= 15 is 0 Å². The summed E-state index contributed by atoms with van der Waals surface area (Å²) in [6, 6.07) is 20.1. The summed E-state index contributed by atoms with van der Waals surface area (Å²) in [6.45, 7) is 4.35. The number of anilines is 2. The van der Waals surface area contributed by atoms with Gasteiger partial charge in [0.15, 0.2) is 0 Å². The molecule has 4 aromatic rings. The number of rotatable bonds is 5. The van der Waals surface area contributed by atoms with E-state index in [0.29, 0.717) is 58.5 Å². The van der Waals surface area contributed by atoms with Crippen molar-refractivity contribution in [1.29, 1.82) is 10.5 Å². The number of carbonyl (C=O) groups excluding carboxylic acids is 1. The van der Waals surface area contributed by atoms with Crippen molar-refractivity contribution in [2.24, 2.45) is 0 Å². The van der Waals surface area contributed by atoms with Gasteiger partial charge in [0.2, 0.25) is 11.8 Å². The third-order valence-corrected chi connectivity index (χ3v) is 6.46.